The molecule has 0 bridgehead atoms. The van der Waals surface area contributed by atoms with Gasteiger partial charge in [0.2, 0.25) is 0 Å². The van der Waals surface area contributed by atoms with Crippen molar-refractivity contribution in [3.63, 3.8) is 0 Å². The first-order chi connectivity index (χ1) is 10.6. The minimum absolute atomic E-state index is 0.000000000000000222. The number of para-hydroxylation sites is 1. The molecule has 114 valence electrons. The lowest BCUT2D eigenvalue weighted by molar-refractivity contribution is 0.0985. The summed E-state index contributed by atoms with van der Waals surface area (Å²) in [5, 5.41) is 0.000000000000000222. The Morgan fingerprint density at radius 1 is 1.00 bits per heavy atom. The number of rotatable bonds is 1. The van der Waals surface area contributed by atoms with Crippen LogP contribution in [0.5, 0.6) is 0 Å². The van der Waals surface area contributed by atoms with Crippen LogP contribution in [-0.4, -0.2) is 17.6 Å². The van der Waals surface area contributed by atoms with Gasteiger partial charge in [0.05, 0.1) is 0 Å². The summed E-state index contributed by atoms with van der Waals surface area (Å²) >= 11 is 4.09. The van der Waals surface area contributed by atoms with Gasteiger partial charge in [0.25, 0.3) is 5.91 Å². The minimum Gasteiger partial charge on any atom is -0.377 e. The molecule has 0 fully saturated rings. The molecule has 0 unspecified atom stereocenters. The van der Waals surface area contributed by atoms with E-state index in [-0.39, 0.29) is 11.0 Å². The van der Waals surface area contributed by atoms with Gasteiger partial charge >= 0.3 is 0 Å². The van der Waals surface area contributed by atoms with E-state index in [4.69, 9.17) is 0 Å². The summed E-state index contributed by atoms with van der Waals surface area (Å²) in [6.45, 7) is 0.810. The summed E-state index contributed by atoms with van der Waals surface area (Å²) in [6, 6.07) is 17.7. The van der Waals surface area contributed by atoms with Crippen LogP contribution in [0.1, 0.15) is 22.3 Å². The maximum atomic E-state index is 12.5. The molecule has 0 saturated carbocycles. The van der Waals surface area contributed by atoms with Crippen LogP contribution in [0.15, 0.2) is 54.6 Å². The standard InChI is InChI=1S/C16H15NO.CH4N2S/c18-16(14-8-2-1-3-9-14)17-12-6-10-13-7-4-5-11-15(13)17;2-1(3)4/h1-5,7-9,11H,6,10,12H2;(H4,2,3,4). The molecule has 4 nitrogen and oxygen atoms in total. The van der Waals surface area contributed by atoms with Gasteiger partial charge in [0.1, 0.15) is 0 Å². The molecule has 1 heterocycles. The van der Waals surface area contributed by atoms with E-state index >= 15 is 0 Å². The number of nitrogens with two attached hydrogens (primary N) is 2. The third kappa shape index (κ3) is 4.05. The van der Waals surface area contributed by atoms with Crippen LogP contribution in [0.4, 0.5) is 5.69 Å². The van der Waals surface area contributed by atoms with Crippen molar-refractivity contribution in [2.45, 2.75) is 12.8 Å². The molecular formula is C17H19N3OS. The maximum absolute atomic E-state index is 12.5. The predicted molar refractivity (Wildman–Crippen MR) is 93.9 cm³/mol. The molecule has 1 amide bonds. The molecule has 2 aromatic rings. The van der Waals surface area contributed by atoms with E-state index in [1.54, 1.807) is 0 Å². The number of fused-ring (bicyclic) bond motifs is 1. The summed E-state index contributed by atoms with van der Waals surface area (Å²) in [7, 11) is 0. The summed E-state index contributed by atoms with van der Waals surface area (Å²) < 4.78 is 0. The zero-order chi connectivity index (χ0) is 15.9. The highest BCUT2D eigenvalue weighted by atomic mass is 32.1. The third-order valence-electron chi connectivity index (χ3n) is 3.38. The molecule has 1 aliphatic rings. The van der Waals surface area contributed by atoms with E-state index < -0.39 is 0 Å². The quantitative estimate of drug-likeness (QED) is 0.793. The molecule has 22 heavy (non-hydrogen) atoms. The lowest BCUT2D eigenvalue weighted by Crippen LogP contribution is -2.35. The van der Waals surface area contributed by atoms with E-state index in [9.17, 15) is 4.79 Å². The molecule has 0 saturated heterocycles. The molecule has 2 aromatic carbocycles. The Kier molecular flexibility index (Phi) is 5.49. The number of nitrogens with zero attached hydrogens (tertiary/aromatic N) is 1. The van der Waals surface area contributed by atoms with E-state index in [0.29, 0.717) is 0 Å². The number of carbonyl (C=O) groups is 1. The molecule has 0 spiro atoms. The number of amides is 1. The van der Waals surface area contributed by atoms with E-state index in [2.05, 4.69) is 29.8 Å². The zero-order valence-electron chi connectivity index (χ0n) is 12.2. The van der Waals surface area contributed by atoms with Crippen molar-refractivity contribution in [3.8, 4) is 0 Å². The third-order valence-corrected chi connectivity index (χ3v) is 3.38. The fraction of sp³-hybridized carbons (Fsp3) is 0.176. The maximum Gasteiger partial charge on any atom is 0.258 e. The van der Waals surface area contributed by atoms with Crippen LogP contribution < -0.4 is 16.4 Å². The van der Waals surface area contributed by atoms with Gasteiger partial charge in [-0.1, -0.05) is 36.4 Å². The second-order valence-electron chi connectivity index (χ2n) is 4.96. The normalized spacial score (nSPS) is 12.6. The molecule has 5 heteroatoms. The summed E-state index contributed by atoms with van der Waals surface area (Å²) in [5.41, 5.74) is 12.3. The predicted octanol–water partition coefficient (Wildman–Crippen LogP) is 2.47. The van der Waals surface area contributed by atoms with Crippen molar-refractivity contribution >= 4 is 28.9 Å². The lowest BCUT2D eigenvalue weighted by Gasteiger charge is -2.29. The number of hydrogen-bond acceptors (Lipinski definition) is 2. The highest BCUT2D eigenvalue weighted by Crippen LogP contribution is 2.27. The van der Waals surface area contributed by atoms with Crippen molar-refractivity contribution < 1.29 is 4.79 Å². The first-order valence-electron chi connectivity index (χ1n) is 7.09. The Bertz CT molecular complexity index is 654. The largest absolute Gasteiger partial charge is 0.377 e. The van der Waals surface area contributed by atoms with Crippen LogP contribution >= 0.6 is 12.2 Å². The van der Waals surface area contributed by atoms with Crippen LogP contribution in [0.3, 0.4) is 0 Å². The second-order valence-corrected chi connectivity index (χ2v) is 5.43. The lowest BCUT2D eigenvalue weighted by atomic mass is 10.0. The number of carbonyl (C=O) groups excluding carboxylic acids is 1. The topological polar surface area (TPSA) is 72.3 Å². The molecule has 0 radical (unpaired) electrons. The Hall–Kier alpha value is -2.40. The van der Waals surface area contributed by atoms with E-state index in [1.165, 1.54) is 5.56 Å². The van der Waals surface area contributed by atoms with Gasteiger partial charge in [-0.05, 0) is 48.8 Å². The Morgan fingerprint density at radius 3 is 2.27 bits per heavy atom. The first-order valence-corrected chi connectivity index (χ1v) is 7.50. The molecule has 3 rings (SSSR count). The molecule has 0 aromatic heterocycles. The summed E-state index contributed by atoms with van der Waals surface area (Å²) in [6.07, 6.45) is 2.10. The molecule has 4 N–H and O–H groups in total. The summed E-state index contributed by atoms with van der Waals surface area (Å²) in [5.74, 6) is 0.0998. The smallest absolute Gasteiger partial charge is 0.258 e. The van der Waals surface area contributed by atoms with Crippen molar-refractivity contribution in [3.05, 3.63) is 65.7 Å². The van der Waals surface area contributed by atoms with Gasteiger partial charge in [0, 0.05) is 17.8 Å². The molecular weight excluding hydrogens is 294 g/mol. The monoisotopic (exact) mass is 313 g/mol. The van der Waals surface area contributed by atoms with E-state index in [1.807, 2.05) is 53.4 Å². The minimum atomic E-state index is 0.000000000000000222. The van der Waals surface area contributed by atoms with Crippen LogP contribution in [0, 0.1) is 0 Å². The van der Waals surface area contributed by atoms with Crippen LogP contribution in [0.25, 0.3) is 0 Å². The SMILES string of the molecule is NC(N)=S.O=C(c1ccccc1)N1CCCc2ccccc21. The molecule has 1 aliphatic heterocycles. The van der Waals surface area contributed by atoms with Gasteiger partial charge in [-0.3, -0.25) is 4.79 Å². The Morgan fingerprint density at radius 2 is 1.59 bits per heavy atom. The number of aryl methyl sites for hydroxylation is 1. The van der Waals surface area contributed by atoms with Crippen LogP contribution in [0.2, 0.25) is 0 Å². The Labute approximate surface area is 135 Å². The number of benzene rings is 2. The molecule has 0 atom stereocenters. The van der Waals surface area contributed by atoms with Gasteiger partial charge in [0.15, 0.2) is 5.11 Å². The number of hydrogen-bond donors (Lipinski definition) is 2. The fourth-order valence-electron chi connectivity index (χ4n) is 2.48. The second kappa shape index (κ2) is 7.56. The number of anilines is 1. The highest BCUT2D eigenvalue weighted by Gasteiger charge is 2.22. The average molecular weight is 313 g/mol. The average Bonchev–Trinajstić information content (AvgIpc) is 2.54. The zero-order valence-corrected chi connectivity index (χ0v) is 13.1. The fourth-order valence-corrected chi connectivity index (χ4v) is 2.48. The van der Waals surface area contributed by atoms with Crippen LogP contribution in [-0.2, 0) is 6.42 Å². The van der Waals surface area contributed by atoms with Crippen molar-refractivity contribution in [1.29, 1.82) is 0 Å². The highest BCUT2D eigenvalue weighted by molar-refractivity contribution is 7.80. The van der Waals surface area contributed by atoms with Crippen molar-refractivity contribution in [2.75, 3.05) is 11.4 Å². The molecule has 0 aliphatic carbocycles. The van der Waals surface area contributed by atoms with E-state index in [0.717, 1.165) is 30.6 Å². The van der Waals surface area contributed by atoms with Crippen molar-refractivity contribution in [1.82, 2.24) is 0 Å². The Balaban J connectivity index is 0.000000396. The van der Waals surface area contributed by atoms with Gasteiger partial charge in [-0.25, -0.2) is 0 Å². The van der Waals surface area contributed by atoms with Gasteiger partial charge in [-0.15, -0.1) is 0 Å². The first kappa shape index (κ1) is 16.0. The number of thiocarbonyl (C=S) groups is 1. The summed E-state index contributed by atoms with van der Waals surface area (Å²) in [4.78, 5) is 14.4. The van der Waals surface area contributed by atoms with Gasteiger partial charge in [-0.2, -0.15) is 0 Å². The van der Waals surface area contributed by atoms with Gasteiger partial charge < -0.3 is 16.4 Å². The van der Waals surface area contributed by atoms with Crippen molar-refractivity contribution in [2.24, 2.45) is 11.5 Å².